The number of phosphoric acid groups is 1. The number of rotatable bonds is 40. The van der Waals surface area contributed by atoms with Crippen LogP contribution in [-0.2, 0) is 51.9 Å². The van der Waals surface area contributed by atoms with E-state index >= 15 is 0 Å². The van der Waals surface area contributed by atoms with E-state index in [1.54, 1.807) is 0 Å². The number of nitrogens with zero attached hydrogens (tertiary/aromatic N) is 2. The van der Waals surface area contributed by atoms with Crippen molar-refractivity contribution in [3.8, 4) is 0 Å². The van der Waals surface area contributed by atoms with Gasteiger partial charge in [-0.1, -0.05) is 84.0 Å². The van der Waals surface area contributed by atoms with Gasteiger partial charge in [0.1, 0.15) is 32.3 Å². The molecule has 0 aliphatic carbocycles. The molecular weight excluding hydrogens is 813 g/mol. The molecule has 0 radical (unpaired) electrons. The minimum absolute atomic E-state index is 0.0286. The maximum atomic E-state index is 12.8. The summed E-state index contributed by atoms with van der Waals surface area (Å²) in [5.41, 5.74) is 0. The lowest BCUT2D eigenvalue weighted by Crippen LogP contribution is -2.48. The lowest BCUT2D eigenvalue weighted by Gasteiger charge is -2.24. The van der Waals surface area contributed by atoms with Crippen molar-refractivity contribution in [3.63, 3.8) is 0 Å². The van der Waals surface area contributed by atoms with Crippen LogP contribution in [0.4, 0.5) is 0 Å². The fraction of sp³-hybridized carbons (Fsp3) is 0.857. The first-order valence-electron chi connectivity index (χ1n) is 22.3. The SMILES string of the molecule is CCCCCCCCCCCCCCCC(=O)OC[C@@H](COP(=O)(O)OCC[N+](C)(C)C)OC(=O)CCCCN(C)CCCC[C@H](NC(C)=O)C(=O)NCC(=O)NCC(=O)O. The maximum absolute atomic E-state index is 12.8. The molecule has 0 bridgehead atoms. The molecule has 0 aliphatic heterocycles. The fourth-order valence-corrected chi connectivity index (χ4v) is 6.83. The van der Waals surface area contributed by atoms with Crippen LogP contribution in [-0.4, -0.2) is 148 Å². The molecule has 0 spiro atoms. The number of carbonyl (C=O) groups is 6. The van der Waals surface area contributed by atoms with Crippen molar-refractivity contribution >= 4 is 43.5 Å². The molecule has 3 amide bonds. The number of quaternary nitrogens is 1. The van der Waals surface area contributed by atoms with Gasteiger partial charge >= 0.3 is 25.7 Å². The molecule has 0 aliphatic rings. The highest BCUT2D eigenvalue weighted by Gasteiger charge is 2.27. The summed E-state index contributed by atoms with van der Waals surface area (Å²) in [5, 5.41) is 15.8. The quantitative estimate of drug-likeness (QED) is 0.0239. The average molecular weight is 895 g/mol. The summed E-state index contributed by atoms with van der Waals surface area (Å²) in [4.78, 5) is 84.1. The monoisotopic (exact) mass is 895 g/mol. The minimum atomic E-state index is -4.46. The van der Waals surface area contributed by atoms with E-state index in [1.807, 2.05) is 28.2 Å². The third-order valence-corrected chi connectivity index (χ3v) is 10.6. The van der Waals surface area contributed by atoms with Gasteiger partial charge in [0.05, 0.1) is 34.3 Å². The molecule has 0 aromatic rings. The van der Waals surface area contributed by atoms with Crippen molar-refractivity contribution in [3.05, 3.63) is 0 Å². The predicted octanol–water partition coefficient (Wildman–Crippen LogP) is 4.86. The molecule has 356 valence electrons. The van der Waals surface area contributed by atoms with Gasteiger partial charge in [-0.05, 0) is 58.7 Å². The molecule has 0 saturated carbocycles. The van der Waals surface area contributed by atoms with Gasteiger partial charge in [-0.15, -0.1) is 0 Å². The van der Waals surface area contributed by atoms with E-state index in [4.69, 9.17) is 23.6 Å². The van der Waals surface area contributed by atoms with Crippen LogP contribution < -0.4 is 16.0 Å². The van der Waals surface area contributed by atoms with Gasteiger partial charge in [0.25, 0.3) is 0 Å². The Morgan fingerprint density at radius 2 is 1.25 bits per heavy atom. The normalized spacial score (nSPS) is 13.5. The van der Waals surface area contributed by atoms with E-state index in [-0.39, 0.29) is 26.1 Å². The first kappa shape index (κ1) is 57.9. The molecule has 0 heterocycles. The summed E-state index contributed by atoms with van der Waals surface area (Å²) in [6.45, 7) is 3.48. The first-order chi connectivity index (χ1) is 28.8. The van der Waals surface area contributed by atoms with Crippen molar-refractivity contribution in [2.75, 3.05) is 80.7 Å². The molecule has 0 saturated heterocycles. The van der Waals surface area contributed by atoms with Crippen LogP contribution in [0.1, 0.15) is 142 Å². The van der Waals surface area contributed by atoms with Crippen LogP contribution in [0.2, 0.25) is 0 Å². The van der Waals surface area contributed by atoms with E-state index in [0.29, 0.717) is 62.6 Å². The van der Waals surface area contributed by atoms with Gasteiger partial charge in [-0.25, -0.2) is 4.57 Å². The molecular formula is C42H81N5O13P+. The highest BCUT2D eigenvalue weighted by molar-refractivity contribution is 7.47. The number of hydrogen-bond acceptors (Lipinski definition) is 12. The van der Waals surface area contributed by atoms with Gasteiger partial charge in [0.15, 0.2) is 6.10 Å². The first-order valence-corrected chi connectivity index (χ1v) is 23.8. The van der Waals surface area contributed by atoms with E-state index in [0.717, 1.165) is 19.3 Å². The Morgan fingerprint density at radius 1 is 0.705 bits per heavy atom. The molecule has 19 heteroatoms. The largest absolute Gasteiger partial charge is 0.480 e. The zero-order chi connectivity index (χ0) is 45.9. The van der Waals surface area contributed by atoms with Gasteiger partial charge in [0.2, 0.25) is 17.7 Å². The number of carbonyl (C=O) groups excluding carboxylic acids is 5. The van der Waals surface area contributed by atoms with E-state index < -0.39 is 75.3 Å². The number of unbranched alkanes of at least 4 members (excludes halogenated alkanes) is 14. The smallest absolute Gasteiger partial charge is 0.472 e. The number of nitrogens with one attached hydrogen (secondary N) is 3. The summed E-state index contributed by atoms with van der Waals surface area (Å²) in [5.74, 6) is -3.83. The number of aliphatic carboxylic acids is 1. The summed E-state index contributed by atoms with van der Waals surface area (Å²) in [7, 11) is 3.19. The van der Waals surface area contributed by atoms with Crippen LogP contribution in [0.3, 0.4) is 0 Å². The molecule has 0 rings (SSSR count). The number of ether oxygens (including phenoxy) is 2. The zero-order valence-electron chi connectivity index (χ0n) is 38.2. The fourth-order valence-electron chi connectivity index (χ4n) is 6.09. The molecule has 0 aromatic carbocycles. The summed E-state index contributed by atoms with van der Waals surface area (Å²) in [6, 6.07) is -0.854. The molecule has 1 unspecified atom stereocenters. The topological polar surface area (TPSA) is 236 Å². The molecule has 18 nitrogen and oxygen atoms in total. The molecule has 3 atom stereocenters. The van der Waals surface area contributed by atoms with Gasteiger partial charge in [-0.3, -0.25) is 37.8 Å². The molecule has 0 aromatic heterocycles. The molecule has 0 fully saturated rings. The Kier molecular flexibility index (Phi) is 33.5. The van der Waals surface area contributed by atoms with Crippen molar-refractivity contribution in [2.45, 2.75) is 154 Å². The number of carboxylic acids is 1. The van der Waals surface area contributed by atoms with Gasteiger partial charge in [-0.2, -0.15) is 0 Å². The van der Waals surface area contributed by atoms with Gasteiger partial charge in [0, 0.05) is 19.8 Å². The van der Waals surface area contributed by atoms with E-state index in [1.165, 1.54) is 64.7 Å². The number of amides is 3. The number of hydrogen-bond donors (Lipinski definition) is 5. The Hall–Kier alpha value is -3.15. The highest BCUT2D eigenvalue weighted by Crippen LogP contribution is 2.43. The van der Waals surface area contributed by atoms with Crippen molar-refractivity contribution in [1.29, 1.82) is 0 Å². The lowest BCUT2D eigenvalue weighted by molar-refractivity contribution is -0.870. The number of esters is 2. The number of phosphoric ester groups is 1. The van der Waals surface area contributed by atoms with Crippen LogP contribution >= 0.6 is 7.82 Å². The summed E-state index contributed by atoms with van der Waals surface area (Å²) >= 11 is 0. The van der Waals surface area contributed by atoms with Crippen molar-refractivity contribution < 1.29 is 66.3 Å². The average Bonchev–Trinajstić information content (AvgIpc) is 3.17. The standard InChI is InChI=1S/C42H80N5O13P/c1-7-8-9-10-11-12-13-14-15-16-17-18-19-25-40(52)57-33-36(34-59-61(55,56)58-30-29-47(4,5)6)60-41(53)26-21-23-28-46(3)27-22-20-24-37(45-35(2)48)42(54)44-31-38(49)43-32-39(50)51/h36-37H,7-34H2,1-6H3,(H4-,43,44,45,48,49,50,51,54,55,56)/p+1/t36-,37-/m0/s1. The second-order valence-electron chi connectivity index (χ2n) is 16.8. The number of carboxylic acid groups (broad SMARTS) is 1. The summed E-state index contributed by atoms with van der Waals surface area (Å²) in [6.07, 6.45) is 17.4. The third-order valence-electron chi connectivity index (χ3n) is 9.66. The Morgan fingerprint density at radius 3 is 1.80 bits per heavy atom. The second kappa shape index (κ2) is 35.3. The zero-order valence-corrected chi connectivity index (χ0v) is 39.1. The highest BCUT2D eigenvalue weighted by atomic mass is 31.2. The van der Waals surface area contributed by atoms with Crippen molar-refractivity contribution in [1.82, 2.24) is 20.9 Å². The van der Waals surface area contributed by atoms with Crippen LogP contribution in [0.5, 0.6) is 0 Å². The van der Waals surface area contributed by atoms with Crippen LogP contribution in [0.25, 0.3) is 0 Å². The van der Waals surface area contributed by atoms with Crippen LogP contribution in [0, 0.1) is 0 Å². The Bertz CT molecular complexity index is 1300. The van der Waals surface area contributed by atoms with Gasteiger partial charge < -0.3 is 44.8 Å². The van der Waals surface area contributed by atoms with Crippen LogP contribution in [0.15, 0.2) is 0 Å². The third kappa shape index (κ3) is 38.3. The summed E-state index contributed by atoms with van der Waals surface area (Å²) < 4.78 is 34.2. The Balaban J connectivity index is 4.71. The number of likely N-dealkylation sites (N-methyl/N-ethyl adjacent to an activating group) is 1. The predicted molar refractivity (Wildman–Crippen MR) is 232 cm³/mol. The van der Waals surface area contributed by atoms with Crippen molar-refractivity contribution in [2.24, 2.45) is 0 Å². The molecule has 5 N–H and O–H groups in total. The minimum Gasteiger partial charge on any atom is -0.480 e. The lowest BCUT2D eigenvalue weighted by atomic mass is 10.0. The molecule has 61 heavy (non-hydrogen) atoms. The Labute approximate surface area is 365 Å². The van der Waals surface area contributed by atoms with E-state index in [9.17, 15) is 38.2 Å². The maximum Gasteiger partial charge on any atom is 0.472 e. The van der Waals surface area contributed by atoms with E-state index in [2.05, 4.69) is 27.8 Å². The second-order valence-corrected chi connectivity index (χ2v) is 18.3.